The molecule has 0 aliphatic rings. The summed E-state index contributed by atoms with van der Waals surface area (Å²) >= 11 is 0. The number of allylic oxidation sites excluding steroid dienone is 15. The van der Waals surface area contributed by atoms with E-state index in [2.05, 4.69) is 111 Å². The maximum Gasteiger partial charge on any atom is 0.306 e. The van der Waals surface area contributed by atoms with E-state index in [1.807, 2.05) is 33.3 Å². The molecule has 1 amide bonds. The van der Waals surface area contributed by atoms with Crippen molar-refractivity contribution < 1.29 is 37.3 Å². The summed E-state index contributed by atoms with van der Waals surface area (Å²) in [5.74, 6) is -0.571. The van der Waals surface area contributed by atoms with Gasteiger partial charge in [-0.25, -0.2) is 0 Å². The van der Waals surface area contributed by atoms with Crippen LogP contribution < -0.4 is 10.2 Å². The van der Waals surface area contributed by atoms with Crippen LogP contribution >= 0.6 is 7.82 Å². The molecule has 80 heavy (non-hydrogen) atoms. The second-order valence-corrected chi connectivity index (χ2v) is 24.7. The zero-order valence-electron chi connectivity index (χ0n) is 52.8. The van der Waals surface area contributed by atoms with E-state index >= 15 is 0 Å². The second-order valence-electron chi connectivity index (χ2n) is 23.3. The zero-order valence-corrected chi connectivity index (χ0v) is 53.7. The van der Waals surface area contributed by atoms with Gasteiger partial charge in [0.25, 0.3) is 7.82 Å². The summed E-state index contributed by atoms with van der Waals surface area (Å²) in [7, 11) is 1.16. The van der Waals surface area contributed by atoms with Crippen LogP contribution in [0.5, 0.6) is 0 Å². The molecule has 0 radical (unpaired) electrons. The third kappa shape index (κ3) is 59.5. The minimum Gasteiger partial charge on any atom is -0.756 e. The van der Waals surface area contributed by atoms with Crippen molar-refractivity contribution in [2.45, 2.75) is 296 Å². The van der Waals surface area contributed by atoms with Gasteiger partial charge in [-0.15, -0.1) is 0 Å². The Bertz CT molecular complexity index is 1690. The van der Waals surface area contributed by atoms with Crippen LogP contribution in [0.15, 0.2) is 97.2 Å². The zero-order chi connectivity index (χ0) is 58.6. The highest BCUT2D eigenvalue weighted by atomic mass is 31.2. The number of nitrogens with one attached hydrogen (secondary N) is 1. The largest absolute Gasteiger partial charge is 0.756 e. The van der Waals surface area contributed by atoms with Crippen LogP contribution in [-0.2, 0) is 27.9 Å². The molecule has 0 saturated carbocycles. The van der Waals surface area contributed by atoms with Crippen LogP contribution in [0.3, 0.4) is 0 Å². The van der Waals surface area contributed by atoms with Gasteiger partial charge in [0.05, 0.1) is 33.8 Å². The number of ether oxygens (including phenoxy) is 1. The van der Waals surface area contributed by atoms with Crippen LogP contribution in [0.1, 0.15) is 284 Å². The summed E-state index contributed by atoms with van der Waals surface area (Å²) in [6.07, 6.45) is 79.4. The number of nitrogens with zero attached hydrogens (tertiary/aromatic N) is 1. The number of phosphoric acid groups is 1. The molecule has 10 heteroatoms. The normalized spacial score (nSPS) is 14.2. The molecule has 0 aliphatic heterocycles. The van der Waals surface area contributed by atoms with Crippen molar-refractivity contribution in [1.29, 1.82) is 0 Å². The molecule has 0 saturated heterocycles. The molecule has 0 rings (SSSR count). The quantitative estimate of drug-likeness (QED) is 0.0212. The highest BCUT2D eigenvalue weighted by molar-refractivity contribution is 7.45. The lowest BCUT2D eigenvalue weighted by Crippen LogP contribution is -2.47. The number of quaternary nitrogens is 1. The number of hydrogen-bond acceptors (Lipinski definition) is 7. The number of esters is 1. The Morgan fingerprint density at radius 3 is 1.16 bits per heavy atom. The van der Waals surface area contributed by atoms with E-state index in [0.29, 0.717) is 17.4 Å². The Balaban J connectivity index is 5.25. The first-order valence-electron chi connectivity index (χ1n) is 33.0. The van der Waals surface area contributed by atoms with Gasteiger partial charge in [-0.1, -0.05) is 253 Å². The van der Waals surface area contributed by atoms with Crippen molar-refractivity contribution in [1.82, 2.24) is 5.32 Å². The minimum absolute atomic E-state index is 0.0319. The molecule has 0 aromatic carbocycles. The van der Waals surface area contributed by atoms with Crippen LogP contribution in [0.2, 0.25) is 0 Å². The summed E-state index contributed by atoms with van der Waals surface area (Å²) in [5, 5.41) is 3.02. The summed E-state index contributed by atoms with van der Waals surface area (Å²) in [6, 6.07) is -0.908. The molecule has 3 atom stereocenters. The van der Waals surface area contributed by atoms with Crippen LogP contribution in [0.4, 0.5) is 0 Å². The topological polar surface area (TPSA) is 114 Å². The minimum atomic E-state index is -4.71. The van der Waals surface area contributed by atoms with Gasteiger partial charge in [-0.2, -0.15) is 0 Å². The van der Waals surface area contributed by atoms with Gasteiger partial charge >= 0.3 is 5.97 Å². The molecule has 462 valence electrons. The van der Waals surface area contributed by atoms with Gasteiger partial charge in [0.15, 0.2) is 0 Å². The Morgan fingerprint density at radius 2 is 0.762 bits per heavy atom. The highest BCUT2D eigenvalue weighted by Crippen LogP contribution is 2.38. The van der Waals surface area contributed by atoms with Gasteiger partial charge in [0, 0.05) is 12.8 Å². The summed E-state index contributed by atoms with van der Waals surface area (Å²) in [6.45, 7) is 6.77. The summed E-state index contributed by atoms with van der Waals surface area (Å²) in [5.41, 5.74) is 0. The Hall–Kier alpha value is -3.07. The summed E-state index contributed by atoms with van der Waals surface area (Å²) < 4.78 is 30.4. The number of hydrogen-bond donors (Lipinski definition) is 1. The van der Waals surface area contributed by atoms with E-state index in [0.717, 1.165) is 116 Å². The van der Waals surface area contributed by atoms with Gasteiger partial charge in [0.1, 0.15) is 19.3 Å². The maximum atomic E-state index is 13.6. The van der Waals surface area contributed by atoms with Crippen molar-refractivity contribution in [2.75, 3.05) is 40.9 Å². The Morgan fingerprint density at radius 1 is 0.438 bits per heavy atom. The predicted octanol–water partition coefficient (Wildman–Crippen LogP) is 20.1. The first-order chi connectivity index (χ1) is 38.9. The molecule has 0 aliphatic carbocycles. The van der Waals surface area contributed by atoms with E-state index in [1.165, 1.54) is 128 Å². The molecule has 0 heterocycles. The van der Waals surface area contributed by atoms with E-state index in [-0.39, 0.29) is 31.3 Å². The molecule has 0 fully saturated rings. The molecule has 1 N–H and O–H groups in total. The number of likely N-dealkylation sites (N-methyl/N-ethyl adjacent to an activating group) is 1. The average Bonchev–Trinajstić information content (AvgIpc) is 3.42. The lowest BCUT2D eigenvalue weighted by molar-refractivity contribution is -0.870. The lowest BCUT2D eigenvalue weighted by atomic mass is 10.0. The van der Waals surface area contributed by atoms with Gasteiger partial charge in [-0.05, 0) is 115 Å². The molecule has 9 nitrogen and oxygen atoms in total. The van der Waals surface area contributed by atoms with Crippen LogP contribution in [0, 0.1) is 0 Å². The average molecular weight is 1140 g/mol. The van der Waals surface area contributed by atoms with Crippen molar-refractivity contribution >= 4 is 19.7 Å². The van der Waals surface area contributed by atoms with Crippen molar-refractivity contribution in [2.24, 2.45) is 0 Å². The molecular weight excluding hydrogens is 1010 g/mol. The summed E-state index contributed by atoms with van der Waals surface area (Å²) in [4.78, 5) is 40.1. The molecule has 0 spiro atoms. The lowest BCUT2D eigenvalue weighted by Gasteiger charge is -2.30. The van der Waals surface area contributed by atoms with Gasteiger partial charge in [0.2, 0.25) is 5.91 Å². The Kier molecular flexibility index (Phi) is 56.8. The number of rotatable bonds is 59. The number of carbonyl (C=O) groups is 2. The number of carbonyl (C=O) groups excluding carboxylic acids is 2. The van der Waals surface area contributed by atoms with Gasteiger partial charge < -0.3 is 28.5 Å². The van der Waals surface area contributed by atoms with Crippen molar-refractivity contribution in [3.05, 3.63) is 97.2 Å². The number of amides is 1. The fraction of sp³-hybridized carbons (Fsp3) is 0.743. The first kappa shape index (κ1) is 76.9. The van der Waals surface area contributed by atoms with E-state index in [1.54, 1.807) is 0 Å². The van der Waals surface area contributed by atoms with E-state index < -0.39 is 26.6 Å². The molecule has 0 aromatic heterocycles. The van der Waals surface area contributed by atoms with Crippen LogP contribution in [0.25, 0.3) is 0 Å². The van der Waals surface area contributed by atoms with E-state index in [9.17, 15) is 19.0 Å². The molecular formula is C70H125N2O7P. The SMILES string of the molecule is CCCCC/C=C\C/C=C\C/C=C\C/C=C\CCCCCCCC(=O)NC(COP(=O)([O-])OCC[N+](C)(C)C)C(/C=C/CCCCCCCCCCCC)OC(=O)CCCCCCCCCC/C=C\C/C=C\C/C=C\CCCCC. The molecule has 0 aromatic rings. The third-order valence-corrected chi connectivity index (χ3v) is 15.2. The van der Waals surface area contributed by atoms with Crippen molar-refractivity contribution in [3.8, 4) is 0 Å². The third-order valence-electron chi connectivity index (χ3n) is 14.2. The number of unbranched alkanes of at least 4 members (excludes halogenated alkanes) is 29. The fourth-order valence-electron chi connectivity index (χ4n) is 9.10. The standard InChI is InChI=1S/C70H125N2O7P/c1-7-10-13-16-19-22-25-28-30-32-34-36-38-40-42-44-47-50-53-56-59-62-69(73)71-67(66-78-80(75,76)77-65-64-72(4,5)6)68(61-58-55-52-49-46-27-24-21-18-15-12-9-3)79-70(74)63-60-57-54-51-48-45-43-41-39-37-35-33-31-29-26-23-20-17-14-11-8-2/h19-20,22-23,28-31,34-37,40,42,58,61,67-68H,7-18,21,24-27,32-33,38-39,41,43-57,59-60,62-66H2,1-6H3,(H-,71,73,75,76)/b22-19-,23-20-,30-28-,31-29-,36-34-,37-35-,42-40-,61-58+. The van der Waals surface area contributed by atoms with Gasteiger partial charge in [-0.3, -0.25) is 14.2 Å². The second kappa shape index (κ2) is 59.1. The predicted molar refractivity (Wildman–Crippen MR) is 344 cm³/mol. The smallest absolute Gasteiger partial charge is 0.306 e. The highest BCUT2D eigenvalue weighted by Gasteiger charge is 2.27. The molecule has 3 unspecified atom stereocenters. The van der Waals surface area contributed by atoms with Crippen LogP contribution in [-0.4, -0.2) is 69.4 Å². The fourth-order valence-corrected chi connectivity index (χ4v) is 9.82. The Labute approximate surface area is 494 Å². The first-order valence-corrected chi connectivity index (χ1v) is 34.5. The maximum absolute atomic E-state index is 13.6. The molecule has 0 bridgehead atoms. The number of phosphoric ester groups is 1. The van der Waals surface area contributed by atoms with Crippen molar-refractivity contribution in [3.63, 3.8) is 0 Å². The monoisotopic (exact) mass is 1140 g/mol. The van der Waals surface area contributed by atoms with E-state index in [4.69, 9.17) is 13.8 Å².